The first-order valence-electron chi connectivity index (χ1n) is 4.66. The third kappa shape index (κ3) is 2.41. The van der Waals surface area contributed by atoms with Crippen molar-refractivity contribution in [2.45, 2.75) is 33.6 Å². The Bertz CT molecular complexity index is 272. The van der Waals surface area contributed by atoms with Gasteiger partial charge in [0.2, 0.25) is 0 Å². The number of ketones is 1. The highest BCUT2D eigenvalue weighted by Gasteiger charge is 2.27. The maximum atomic E-state index is 11.9. The minimum absolute atomic E-state index is 0.195. The van der Waals surface area contributed by atoms with E-state index < -0.39 is 0 Å². The van der Waals surface area contributed by atoms with Crippen LogP contribution in [0.2, 0.25) is 0 Å². The molecular formula is C11H16OS. The largest absolute Gasteiger partial charge is 0.293 e. The van der Waals surface area contributed by atoms with Crippen molar-refractivity contribution in [3.63, 3.8) is 0 Å². The second-order valence-electron chi connectivity index (χ2n) is 3.94. The summed E-state index contributed by atoms with van der Waals surface area (Å²) in [7, 11) is 0. The third-order valence-electron chi connectivity index (χ3n) is 2.23. The van der Waals surface area contributed by atoms with Gasteiger partial charge >= 0.3 is 0 Å². The first-order chi connectivity index (χ1) is 6.08. The summed E-state index contributed by atoms with van der Waals surface area (Å²) in [5.41, 5.74) is -0.195. The fraction of sp³-hybridized carbons (Fsp3) is 0.545. The molecule has 0 amide bonds. The Kier molecular flexibility index (Phi) is 3.26. The molecule has 0 saturated heterocycles. The topological polar surface area (TPSA) is 17.1 Å². The van der Waals surface area contributed by atoms with Crippen LogP contribution < -0.4 is 0 Å². The van der Waals surface area contributed by atoms with Gasteiger partial charge in [-0.25, -0.2) is 0 Å². The molecule has 1 aromatic rings. The Morgan fingerprint density at radius 2 is 2.23 bits per heavy atom. The highest BCUT2D eigenvalue weighted by atomic mass is 32.1. The van der Waals surface area contributed by atoms with Crippen LogP contribution in [-0.4, -0.2) is 5.78 Å². The monoisotopic (exact) mass is 196 g/mol. The maximum absolute atomic E-state index is 11.9. The van der Waals surface area contributed by atoms with E-state index in [2.05, 4.69) is 6.92 Å². The van der Waals surface area contributed by atoms with Crippen molar-refractivity contribution in [3.8, 4) is 0 Å². The van der Waals surface area contributed by atoms with E-state index in [9.17, 15) is 4.79 Å². The van der Waals surface area contributed by atoms with E-state index in [1.165, 1.54) is 11.3 Å². The van der Waals surface area contributed by atoms with Gasteiger partial charge in [0, 0.05) is 5.41 Å². The van der Waals surface area contributed by atoms with Crippen LogP contribution in [0, 0.1) is 5.41 Å². The van der Waals surface area contributed by atoms with E-state index in [0.29, 0.717) is 0 Å². The lowest BCUT2D eigenvalue weighted by atomic mass is 9.83. The summed E-state index contributed by atoms with van der Waals surface area (Å²) in [6.07, 6.45) is 2.02. The zero-order chi connectivity index (χ0) is 9.90. The summed E-state index contributed by atoms with van der Waals surface area (Å²) in [5.74, 6) is 0.282. The number of Topliss-reactive ketones (excluding diaryl/α,β-unsaturated/α-hetero) is 1. The molecular weight excluding hydrogens is 180 g/mol. The molecule has 0 radical (unpaired) electrons. The molecule has 72 valence electrons. The molecule has 0 aliphatic carbocycles. The van der Waals surface area contributed by atoms with Gasteiger partial charge in [-0.2, -0.15) is 0 Å². The van der Waals surface area contributed by atoms with Crippen molar-refractivity contribution in [3.05, 3.63) is 22.4 Å². The van der Waals surface area contributed by atoms with E-state index in [-0.39, 0.29) is 11.2 Å². The zero-order valence-electron chi connectivity index (χ0n) is 8.46. The van der Waals surface area contributed by atoms with E-state index in [1.807, 2.05) is 31.4 Å². The molecule has 0 atom stereocenters. The third-order valence-corrected chi connectivity index (χ3v) is 3.10. The van der Waals surface area contributed by atoms with Crippen molar-refractivity contribution < 1.29 is 4.79 Å². The molecule has 1 nitrogen and oxygen atoms in total. The first kappa shape index (κ1) is 10.5. The molecule has 13 heavy (non-hydrogen) atoms. The van der Waals surface area contributed by atoms with Crippen LogP contribution in [0.5, 0.6) is 0 Å². The Balaban J connectivity index is 2.78. The number of carbonyl (C=O) groups excluding carboxylic acids is 1. The summed E-state index contributed by atoms with van der Waals surface area (Å²) >= 11 is 1.53. The fourth-order valence-electron chi connectivity index (χ4n) is 1.48. The van der Waals surface area contributed by atoms with Crippen LogP contribution in [0.25, 0.3) is 0 Å². The van der Waals surface area contributed by atoms with Gasteiger partial charge in [-0.1, -0.05) is 33.3 Å². The van der Waals surface area contributed by atoms with Crippen LogP contribution in [0.15, 0.2) is 17.5 Å². The Morgan fingerprint density at radius 1 is 1.54 bits per heavy atom. The average Bonchev–Trinajstić information content (AvgIpc) is 2.54. The zero-order valence-corrected chi connectivity index (χ0v) is 9.28. The highest BCUT2D eigenvalue weighted by Crippen LogP contribution is 2.28. The Hall–Kier alpha value is -0.630. The molecule has 0 bridgehead atoms. The number of carbonyl (C=O) groups is 1. The number of rotatable bonds is 4. The van der Waals surface area contributed by atoms with Gasteiger partial charge in [-0.3, -0.25) is 4.79 Å². The van der Waals surface area contributed by atoms with Crippen LogP contribution in [0.3, 0.4) is 0 Å². The normalized spacial score (nSPS) is 11.6. The van der Waals surface area contributed by atoms with Gasteiger partial charge in [0.05, 0.1) is 4.88 Å². The summed E-state index contributed by atoms with van der Waals surface area (Å²) in [6, 6.07) is 3.84. The predicted molar refractivity (Wildman–Crippen MR) is 57.3 cm³/mol. The first-order valence-corrected chi connectivity index (χ1v) is 5.54. The molecule has 1 heterocycles. The van der Waals surface area contributed by atoms with Crippen LogP contribution in [-0.2, 0) is 0 Å². The number of hydrogen-bond acceptors (Lipinski definition) is 2. The minimum atomic E-state index is -0.195. The molecule has 0 saturated carbocycles. The lowest BCUT2D eigenvalue weighted by Gasteiger charge is -2.21. The molecule has 0 spiro atoms. The number of thiophene rings is 1. The molecule has 0 fully saturated rings. The molecule has 1 aromatic heterocycles. The van der Waals surface area contributed by atoms with Crippen molar-refractivity contribution in [1.82, 2.24) is 0 Å². The van der Waals surface area contributed by atoms with Crippen molar-refractivity contribution in [2.24, 2.45) is 5.41 Å². The predicted octanol–water partition coefficient (Wildman–Crippen LogP) is 3.76. The van der Waals surface area contributed by atoms with Crippen LogP contribution >= 0.6 is 11.3 Å². The van der Waals surface area contributed by atoms with Crippen LogP contribution in [0.1, 0.15) is 43.3 Å². The molecule has 0 unspecified atom stereocenters. The lowest BCUT2D eigenvalue weighted by molar-refractivity contribution is 0.0830. The highest BCUT2D eigenvalue weighted by molar-refractivity contribution is 7.12. The van der Waals surface area contributed by atoms with Gasteiger partial charge in [0.1, 0.15) is 0 Å². The molecule has 0 aliphatic rings. The van der Waals surface area contributed by atoms with E-state index in [1.54, 1.807) is 0 Å². The van der Waals surface area contributed by atoms with Gasteiger partial charge in [0.15, 0.2) is 5.78 Å². The summed E-state index contributed by atoms with van der Waals surface area (Å²) < 4.78 is 0. The van der Waals surface area contributed by atoms with Crippen molar-refractivity contribution in [1.29, 1.82) is 0 Å². The van der Waals surface area contributed by atoms with Crippen LogP contribution in [0.4, 0.5) is 0 Å². The van der Waals surface area contributed by atoms with Crippen molar-refractivity contribution in [2.75, 3.05) is 0 Å². The lowest BCUT2D eigenvalue weighted by Crippen LogP contribution is -2.23. The molecule has 0 aromatic carbocycles. The molecule has 0 N–H and O–H groups in total. The average molecular weight is 196 g/mol. The van der Waals surface area contributed by atoms with E-state index in [0.717, 1.165) is 17.7 Å². The number of hydrogen-bond donors (Lipinski definition) is 0. The minimum Gasteiger partial charge on any atom is -0.293 e. The quantitative estimate of drug-likeness (QED) is 0.670. The molecule has 0 aliphatic heterocycles. The smallest absolute Gasteiger partial charge is 0.178 e. The molecule has 2 heteroatoms. The summed E-state index contributed by atoms with van der Waals surface area (Å²) in [4.78, 5) is 12.8. The van der Waals surface area contributed by atoms with E-state index in [4.69, 9.17) is 0 Å². The second kappa shape index (κ2) is 4.05. The summed E-state index contributed by atoms with van der Waals surface area (Å²) in [6.45, 7) is 6.17. The van der Waals surface area contributed by atoms with Gasteiger partial charge in [-0.05, 0) is 17.9 Å². The van der Waals surface area contributed by atoms with Gasteiger partial charge in [0.25, 0.3) is 0 Å². The van der Waals surface area contributed by atoms with Gasteiger partial charge < -0.3 is 0 Å². The molecule has 1 rings (SSSR count). The summed E-state index contributed by atoms with van der Waals surface area (Å²) in [5, 5.41) is 1.95. The Labute approximate surface area is 83.8 Å². The second-order valence-corrected chi connectivity index (χ2v) is 4.89. The maximum Gasteiger partial charge on any atom is 0.178 e. The Morgan fingerprint density at radius 3 is 2.69 bits per heavy atom. The standard InChI is InChI=1S/C11H16OS/c1-4-7-11(2,3)10(12)9-6-5-8-13-9/h5-6,8H,4,7H2,1-3H3. The fourth-order valence-corrected chi connectivity index (χ4v) is 2.32. The van der Waals surface area contributed by atoms with Crippen molar-refractivity contribution >= 4 is 17.1 Å². The van der Waals surface area contributed by atoms with Gasteiger partial charge in [-0.15, -0.1) is 11.3 Å². The van der Waals surface area contributed by atoms with E-state index >= 15 is 0 Å². The SMILES string of the molecule is CCCC(C)(C)C(=O)c1cccs1.